The summed E-state index contributed by atoms with van der Waals surface area (Å²) in [5.74, 6) is 0.362. The molecule has 1 aliphatic rings. The second-order valence-electron chi connectivity index (χ2n) is 3.61. The lowest BCUT2D eigenvalue weighted by molar-refractivity contribution is 0.115. The highest BCUT2D eigenvalue weighted by molar-refractivity contribution is 7.09. The first-order valence-electron chi connectivity index (χ1n) is 5.25. The lowest BCUT2D eigenvalue weighted by Crippen LogP contribution is -2.31. The van der Waals surface area contributed by atoms with E-state index in [4.69, 9.17) is 10.5 Å². The van der Waals surface area contributed by atoms with E-state index in [1.54, 1.807) is 0 Å². The van der Waals surface area contributed by atoms with Crippen LogP contribution >= 0.6 is 11.5 Å². The molecular weight excluding hydrogens is 212 g/mol. The molecule has 2 heterocycles. The summed E-state index contributed by atoms with van der Waals surface area (Å²) in [4.78, 5) is 6.35. The third-order valence-electron chi connectivity index (χ3n) is 2.53. The Morgan fingerprint density at radius 2 is 2.53 bits per heavy atom. The molecule has 1 aliphatic heterocycles. The molecule has 2 N–H and O–H groups in total. The second kappa shape index (κ2) is 4.76. The van der Waals surface area contributed by atoms with E-state index in [0.29, 0.717) is 12.1 Å². The van der Waals surface area contributed by atoms with Gasteiger partial charge < -0.3 is 15.4 Å². The zero-order valence-electron chi connectivity index (χ0n) is 8.85. The Morgan fingerprint density at radius 1 is 1.67 bits per heavy atom. The number of anilines is 2. The fourth-order valence-corrected chi connectivity index (χ4v) is 2.40. The van der Waals surface area contributed by atoms with Gasteiger partial charge in [-0.25, -0.2) is 0 Å². The summed E-state index contributed by atoms with van der Waals surface area (Å²) < 4.78 is 9.58. The van der Waals surface area contributed by atoms with Gasteiger partial charge in [0.2, 0.25) is 11.1 Å². The SMILES string of the molecule is CCN(CC1CCCO1)c1nc(N)ns1. The first-order chi connectivity index (χ1) is 7.29. The minimum absolute atomic E-state index is 0.343. The van der Waals surface area contributed by atoms with Gasteiger partial charge in [0, 0.05) is 31.2 Å². The van der Waals surface area contributed by atoms with E-state index in [-0.39, 0.29) is 0 Å². The van der Waals surface area contributed by atoms with Crippen LogP contribution in [0.25, 0.3) is 0 Å². The third kappa shape index (κ3) is 2.57. The fourth-order valence-electron chi connectivity index (χ4n) is 1.73. The summed E-state index contributed by atoms with van der Waals surface area (Å²) >= 11 is 1.35. The topological polar surface area (TPSA) is 64.3 Å². The summed E-state index contributed by atoms with van der Waals surface area (Å²) in [5, 5.41) is 0.894. The average molecular weight is 228 g/mol. The van der Waals surface area contributed by atoms with Gasteiger partial charge in [-0.05, 0) is 19.8 Å². The summed E-state index contributed by atoms with van der Waals surface area (Å²) in [6.45, 7) is 4.80. The molecule has 0 radical (unpaired) electrons. The number of nitrogens with zero attached hydrogens (tertiary/aromatic N) is 3. The molecule has 0 aromatic carbocycles. The largest absolute Gasteiger partial charge is 0.376 e. The van der Waals surface area contributed by atoms with Crippen molar-refractivity contribution in [3.05, 3.63) is 0 Å². The van der Waals surface area contributed by atoms with Gasteiger partial charge in [-0.2, -0.15) is 9.36 Å². The predicted octanol–water partition coefficient (Wildman–Crippen LogP) is 1.13. The Hall–Kier alpha value is -0.880. The van der Waals surface area contributed by atoms with Crippen LogP contribution < -0.4 is 10.6 Å². The average Bonchev–Trinajstić information content (AvgIpc) is 2.85. The molecule has 1 fully saturated rings. The molecule has 5 nitrogen and oxygen atoms in total. The van der Waals surface area contributed by atoms with Crippen LogP contribution in [0, 0.1) is 0 Å². The van der Waals surface area contributed by atoms with Crippen LogP contribution in [-0.4, -0.2) is 35.2 Å². The highest BCUT2D eigenvalue weighted by atomic mass is 32.1. The van der Waals surface area contributed by atoms with Gasteiger partial charge in [0.15, 0.2) is 0 Å². The molecule has 6 heteroatoms. The minimum atomic E-state index is 0.343. The Balaban J connectivity index is 1.97. The highest BCUT2D eigenvalue weighted by Crippen LogP contribution is 2.21. The van der Waals surface area contributed by atoms with Crippen molar-refractivity contribution in [1.82, 2.24) is 9.36 Å². The Labute approximate surface area is 93.4 Å². The number of hydrogen-bond acceptors (Lipinski definition) is 6. The Morgan fingerprint density at radius 3 is 3.07 bits per heavy atom. The van der Waals surface area contributed by atoms with Crippen LogP contribution in [0.15, 0.2) is 0 Å². The monoisotopic (exact) mass is 228 g/mol. The smallest absolute Gasteiger partial charge is 0.233 e. The van der Waals surface area contributed by atoms with Crippen molar-refractivity contribution in [2.45, 2.75) is 25.9 Å². The van der Waals surface area contributed by atoms with Gasteiger partial charge in [-0.1, -0.05) is 0 Å². The van der Waals surface area contributed by atoms with Crippen LogP contribution in [0.3, 0.4) is 0 Å². The zero-order valence-corrected chi connectivity index (χ0v) is 9.66. The number of hydrogen-bond donors (Lipinski definition) is 1. The summed E-state index contributed by atoms with van der Waals surface area (Å²) in [6, 6.07) is 0. The maximum absolute atomic E-state index is 5.60. The van der Waals surface area contributed by atoms with E-state index >= 15 is 0 Å². The third-order valence-corrected chi connectivity index (χ3v) is 3.32. The number of likely N-dealkylation sites (N-methyl/N-ethyl adjacent to an activating group) is 1. The standard InChI is InChI=1S/C9H16N4OS/c1-2-13(6-7-4-3-5-14-7)9-11-8(10)12-15-9/h7H,2-6H2,1H3,(H2,10,12). The molecule has 0 bridgehead atoms. The molecule has 2 rings (SSSR count). The molecule has 1 unspecified atom stereocenters. The summed E-state index contributed by atoms with van der Waals surface area (Å²) in [7, 11) is 0. The molecule has 15 heavy (non-hydrogen) atoms. The summed E-state index contributed by atoms with van der Waals surface area (Å²) in [5.41, 5.74) is 5.51. The maximum atomic E-state index is 5.60. The molecule has 0 saturated carbocycles. The first kappa shape index (κ1) is 10.6. The first-order valence-corrected chi connectivity index (χ1v) is 6.02. The number of nitrogen functional groups attached to an aromatic ring is 1. The number of nitrogens with two attached hydrogens (primary N) is 1. The molecule has 1 aromatic heterocycles. The highest BCUT2D eigenvalue weighted by Gasteiger charge is 2.20. The second-order valence-corrected chi connectivity index (χ2v) is 4.34. The van der Waals surface area contributed by atoms with E-state index in [1.807, 2.05) is 0 Å². The van der Waals surface area contributed by atoms with Crippen molar-refractivity contribution in [1.29, 1.82) is 0 Å². The predicted molar refractivity (Wildman–Crippen MR) is 61.2 cm³/mol. The van der Waals surface area contributed by atoms with Crippen LogP contribution in [0.1, 0.15) is 19.8 Å². The zero-order chi connectivity index (χ0) is 10.7. The van der Waals surface area contributed by atoms with Crippen molar-refractivity contribution in [3.8, 4) is 0 Å². The lowest BCUT2D eigenvalue weighted by atomic mass is 10.2. The van der Waals surface area contributed by atoms with E-state index in [1.165, 1.54) is 18.0 Å². The Kier molecular flexibility index (Phi) is 3.37. The maximum Gasteiger partial charge on any atom is 0.233 e. The Bertz CT molecular complexity index is 311. The van der Waals surface area contributed by atoms with Gasteiger partial charge in [0.25, 0.3) is 0 Å². The van der Waals surface area contributed by atoms with Gasteiger partial charge in [0.05, 0.1) is 6.10 Å². The molecular formula is C9H16N4OS. The van der Waals surface area contributed by atoms with Crippen molar-refractivity contribution in [2.75, 3.05) is 30.3 Å². The molecule has 0 amide bonds. The fraction of sp³-hybridized carbons (Fsp3) is 0.778. The molecule has 0 aliphatic carbocycles. The van der Waals surface area contributed by atoms with E-state index in [0.717, 1.165) is 31.2 Å². The van der Waals surface area contributed by atoms with E-state index in [9.17, 15) is 0 Å². The number of aromatic nitrogens is 2. The van der Waals surface area contributed by atoms with E-state index < -0.39 is 0 Å². The van der Waals surface area contributed by atoms with Crippen LogP contribution in [-0.2, 0) is 4.74 Å². The van der Waals surface area contributed by atoms with Crippen molar-refractivity contribution >= 4 is 22.6 Å². The molecule has 0 spiro atoms. The quantitative estimate of drug-likeness (QED) is 0.836. The van der Waals surface area contributed by atoms with Crippen LogP contribution in [0.2, 0.25) is 0 Å². The number of rotatable bonds is 4. The summed E-state index contributed by atoms with van der Waals surface area (Å²) in [6.07, 6.45) is 2.65. The van der Waals surface area contributed by atoms with Gasteiger partial charge in [-0.15, -0.1) is 0 Å². The normalized spacial score (nSPS) is 20.7. The van der Waals surface area contributed by atoms with E-state index in [2.05, 4.69) is 21.2 Å². The minimum Gasteiger partial charge on any atom is -0.376 e. The van der Waals surface area contributed by atoms with Crippen LogP contribution in [0.5, 0.6) is 0 Å². The van der Waals surface area contributed by atoms with Crippen molar-refractivity contribution in [2.24, 2.45) is 0 Å². The molecule has 1 saturated heterocycles. The lowest BCUT2D eigenvalue weighted by Gasteiger charge is -2.22. The van der Waals surface area contributed by atoms with Gasteiger partial charge >= 0.3 is 0 Å². The van der Waals surface area contributed by atoms with Crippen molar-refractivity contribution in [3.63, 3.8) is 0 Å². The van der Waals surface area contributed by atoms with Gasteiger partial charge in [-0.3, -0.25) is 0 Å². The van der Waals surface area contributed by atoms with Crippen molar-refractivity contribution < 1.29 is 4.74 Å². The number of ether oxygens (including phenoxy) is 1. The molecule has 1 atom stereocenters. The van der Waals surface area contributed by atoms with Gasteiger partial charge in [0.1, 0.15) is 0 Å². The van der Waals surface area contributed by atoms with Crippen LogP contribution in [0.4, 0.5) is 11.1 Å². The molecule has 1 aromatic rings. The molecule has 84 valence electrons.